The van der Waals surface area contributed by atoms with Crippen LogP contribution >= 0.6 is 15.9 Å². The molecular formula is C13H11BrN2O5. The van der Waals surface area contributed by atoms with Crippen LogP contribution in [-0.4, -0.2) is 21.6 Å². The number of amides is 1. The Morgan fingerprint density at radius 2 is 2.05 bits per heavy atom. The number of nitrogens with one attached hydrogen (secondary N) is 1. The third-order valence-corrected chi connectivity index (χ3v) is 3.06. The zero-order valence-electron chi connectivity index (χ0n) is 10.7. The second kappa shape index (κ2) is 6.40. The van der Waals surface area contributed by atoms with Gasteiger partial charge in [0.2, 0.25) is 11.7 Å². The van der Waals surface area contributed by atoms with Crippen molar-refractivity contribution in [2.24, 2.45) is 0 Å². The fraction of sp³-hybridized carbons (Fsp3) is 0.154. The van der Waals surface area contributed by atoms with E-state index >= 15 is 0 Å². The lowest BCUT2D eigenvalue weighted by Gasteiger charge is -2.06. The van der Waals surface area contributed by atoms with Gasteiger partial charge in [0, 0.05) is 16.7 Å². The van der Waals surface area contributed by atoms with E-state index in [1.807, 2.05) is 0 Å². The van der Waals surface area contributed by atoms with Gasteiger partial charge in [-0.15, -0.1) is 0 Å². The van der Waals surface area contributed by atoms with E-state index in [2.05, 4.69) is 21.2 Å². The molecule has 0 unspecified atom stereocenters. The van der Waals surface area contributed by atoms with Gasteiger partial charge in [0.05, 0.1) is 6.54 Å². The molecule has 2 N–H and O–H groups in total. The van der Waals surface area contributed by atoms with Crippen LogP contribution in [0.25, 0.3) is 0 Å². The van der Waals surface area contributed by atoms with Crippen molar-refractivity contribution >= 4 is 27.8 Å². The number of furan rings is 1. The first-order valence-electron chi connectivity index (χ1n) is 5.90. The summed E-state index contributed by atoms with van der Waals surface area (Å²) in [4.78, 5) is 33.9. The lowest BCUT2D eigenvalue weighted by Crippen LogP contribution is -2.31. The molecule has 2 aromatic rings. The number of carboxylic acid groups (broad SMARTS) is 1. The highest BCUT2D eigenvalue weighted by atomic mass is 79.9. The van der Waals surface area contributed by atoms with E-state index in [1.54, 1.807) is 6.07 Å². The van der Waals surface area contributed by atoms with Crippen LogP contribution in [0.1, 0.15) is 16.3 Å². The first-order valence-corrected chi connectivity index (χ1v) is 6.69. The second-order valence-corrected chi connectivity index (χ2v) is 5.08. The van der Waals surface area contributed by atoms with Crippen LogP contribution in [0.15, 0.2) is 44.1 Å². The first-order chi connectivity index (χ1) is 9.95. The van der Waals surface area contributed by atoms with E-state index in [0.717, 1.165) is 0 Å². The van der Waals surface area contributed by atoms with E-state index in [1.165, 1.54) is 29.0 Å². The first kappa shape index (κ1) is 15.0. The number of halogens is 1. The number of aromatic carboxylic acids is 1. The minimum Gasteiger partial charge on any atom is -0.475 e. The average Bonchev–Trinajstić information content (AvgIpc) is 2.90. The Balaban J connectivity index is 1.94. The maximum Gasteiger partial charge on any atom is 0.371 e. The van der Waals surface area contributed by atoms with Crippen molar-refractivity contribution in [2.75, 3.05) is 0 Å². The number of nitrogens with zero attached hydrogens (tertiary/aromatic N) is 1. The highest BCUT2D eigenvalue weighted by Crippen LogP contribution is 2.07. The average molecular weight is 355 g/mol. The summed E-state index contributed by atoms with van der Waals surface area (Å²) in [5, 5.41) is 11.2. The Morgan fingerprint density at radius 3 is 2.71 bits per heavy atom. The highest BCUT2D eigenvalue weighted by molar-refractivity contribution is 9.10. The van der Waals surface area contributed by atoms with E-state index in [9.17, 15) is 14.4 Å². The number of carbonyl (C=O) groups excluding carboxylic acids is 1. The van der Waals surface area contributed by atoms with E-state index < -0.39 is 5.97 Å². The molecule has 110 valence electrons. The van der Waals surface area contributed by atoms with Gasteiger partial charge >= 0.3 is 5.97 Å². The summed E-state index contributed by atoms with van der Waals surface area (Å²) in [6.07, 6.45) is 1.51. The zero-order chi connectivity index (χ0) is 15.4. The van der Waals surface area contributed by atoms with Crippen molar-refractivity contribution < 1.29 is 19.1 Å². The number of pyridine rings is 1. The molecule has 0 saturated heterocycles. The van der Waals surface area contributed by atoms with Crippen molar-refractivity contribution in [3.8, 4) is 0 Å². The Labute approximate surface area is 127 Å². The van der Waals surface area contributed by atoms with Gasteiger partial charge in [-0.25, -0.2) is 4.79 Å². The number of hydrogen-bond acceptors (Lipinski definition) is 4. The third-order valence-electron chi connectivity index (χ3n) is 2.59. The number of carboxylic acids is 1. The van der Waals surface area contributed by atoms with Gasteiger partial charge < -0.3 is 19.4 Å². The van der Waals surface area contributed by atoms with Crippen molar-refractivity contribution in [1.82, 2.24) is 9.88 Å². The third kappa shape index (κ3) is 4.06. The van der Waals surface area contributed by atoms with Gasteiger partial charge in [-0.2, -0.15) is 0 Å². The number of rotatable bonds is 5. The molecule has 0 radical (unpaired) electrons. The van der Waals surface area contributed by atoms with Gasteiger partial charge in [-0.3, -0.25) is 9.59 Å². The molecule has 0 bridgehead atoms. The molecule has 2 aromatic heterocycles. The van der Waals surface area contributed by atoms with Crippen LogP contribution in [0.5, 0.6) is 0 Å². The van der Waals surface area contributed by atoms with Crippen LogP contribution in [0.3, 0.4) is 0 Å². The standard InChI is InChI=1S/C13H11BrN2O5/c14-8-1-4-12(18)16(6-8)7-11(17)15-5-9-2-3-10(21-9)13(19)20/h1-4,6H,5,7H2,(H,15,17)(H,19,20). The van der Waals surface area contributed by atoms with Crippen LogP contribution in [0, 0.1) is 0 Å². The molecule has 8 heteroatoms. The minimum absolute atomic E-state index is 0.0505. The van der Waals surface area contributed by atoms with Gasteiger partial charge in [-0.1, -0.05) is 0 Å². The molecule has 21 heavy (non-hydrogen) atoms. The largest absolute Gasteiger partial charge is 0.475 e. The Kier molecular flexibility index (Phi) is 4.59. The topological polar surface area (TPSA) is 102 Å². The summed E-state index contributed by atoms with van der Waals surface area (Å²) in [6, 6.07) is 5.72. The summed E-state index contributed by atoms with van der Waals surface area (Å²) >= 11 is 3.22. The van der Waals surface area contributed by atoms with Gasteiger partial charge in [0.15, 0.2) is 0 Å². The molecule has 0 spiro atoms. The van der Waals surface area contributed by atoms with Crippen molar-refractivity contribution in [3.05, 3.63) is 56.8 Å². The summed E-state index contributed by atoms with van der Waals surface area (Å²) < 4.78 is 6.94. The van der Waals surface area contributed by atoms with E-state index in [0.29, 0.717) is 10.2 Å². The maximum absolute atomic E-state index is 11.7. The molecule has 0 atom stereocenters. The molecule has 0 aliphatic rings. The monoisotopic (exact) mass is 354 g/mol. The molecule has 0 fully saturated rings. The van der Waals surface area contributed by atoms with Crippen molar-refractivity contribution in [1.29, 1.82) is 0 Å². The predicted molar refractivity (Wildman–Crippen MR) is 75.9 cm³/mol. The summed E-state index contributed by atoms with van der Waals surface area (Å²) in [5.41, 5.74) is -0.292. The lowest BCUT2D eigenvalue weighted by molar-refractivity contribution is -0.121. The van der Waals surface area contributed by atoms with E-state index in [-0.39, 0.29) is 30.3 Å². The Morgan fingerprint density at radius 1 is 1.29 bits per heavy atom. The molecule has 0 aromatic carbocycles. The quantitative estimate of drug-likeness (QED) is 0.840. The van der Waals surface area contributed by atoms with Crippen molar-refractivity contribution in [2.45, 2.75) is 13.1 Å². The number of carbonyl (C=O) groups is 2. The van der Waals surface area contributed by atoms with Crippen LogP contribution in [0.2, 0.25) is 0 Å². The summed E-state index contributed by atoms with van der Waals surface area (Å²) in [7, 11) is 0. The van der Waals surface area contributed by atoms with Crippen molar-refractivity contribution in [3.63, 3.8) is 0 Å². The van der Waals surface area contributed by atoms with Gasteiger partial charge in [-0.05, 0) is 34.1 Å². The molecule has 2 heterocycles. The zero-order valence-corrected chi connectivity index (χ0v) is 12.3. The molecule has 7 nitrogen and oxygen atoms in total. The normalized spacial score (nSPS) is 10.3. The molecule has 0 saturated carbocycles. The SMILES string of the molecule is O=C(Cn1cc(Br)ccc1=O)NCc1ccc(C(=O)O)o1. The molecule has 1 amide bonds. The number of hydrogen-bond donors (Lipinski definition) is 2. The summed E-state index contributed by atoms with van der Waals surface area (Å²) in [5.74, 6) is -1.43. The molecule has 0 aliphatic carbocycles. The fourth-order valence-electron chi connectivity index (χ4n) is 1.61. The van der Waals surface area contributed by atoms with Gasteiger partial charge in [0.1, 0.15) is 12.3 Å². The van der Waals surface area contributed by atoms with E-state index in [4.69, 9.17) is 9.52 Å². The number of aromatic nitrogens is 1. The lowest BCUT2D eigenvalue weighted by atomic mass is 10.4. The predicted octanol–water partition coefficient (Wildman–Crippen LogP) is 1.22. The second-order valence-electron chi connectivity index (χ2n) is 4.16. The maximum atomic E-state index is 11.7. The minimum atomic E-state index is -1.17. The molecular weight excluding hydrogens is 344 g/mol. The summed E-state index contributed by atoms with van der Waals surface area (Å²) in [6.45, 7) is -0.0837. The van der Waals surface area contributed by atoms with Crippen LogP contribution in [-0.2, 0) is 17.9 Å². The Bertz CT molecular complexity index is 734. The molecule has 0 aliphatic heterocycles. The van der Waals surface area contributed by atoms with Crippen LogP contribution < -0.4 is 10.9 Å². The Hall–Kier alpha value is -2.35. The molecule has 2 rings (SSSR count). The fourth-order valence-corrected chi connectivity index (χ4v) is 1.99. The highest BCUT2D eigenvalue weighted by Gasteiger charge is 2.10. The van der Waals surface area contributed by atoms with Gasteiger partial charge in [0.25, 0.3) is 5.56 Å². The van der Waals surface area contributed by atoms with Crippen LogP contribution in [0.4, 0.5) is 0 Å². The smallest absolute Gasteiger partial charge is 0.371 e.